The largest absolute Gasteiger partial charge is 0.394 e. The number of fused-ring (bicyclic) bond motifs is 1. The van der Waals surface area contributed by atoms with Gasteiger partial charge in [-0.1, -0.05) is 18.2 Å². The molecule has 1 atom stereocenters. The lowest BCUT2D eigenvalue weighted by molar-refractivity contribution is 0.0910. The monoisotopic (exact) mass is 321 g/mol. The van der Waals surface area contributed by atoms with E-state index in [1.165, 1.54) is 7.05 Å². The van der Waals surface area contributed by atoms with Crippen molar-refractivity contribution in [2.24, 2.45) is 7.05 Å². The number of thioether (sulfide) groups is 1. The van der Waals surface area contributed by atoms with Gasteiger partial charge < -0.3 is 10.4 Å². The van der Waals surface area contributed by atoms with Crippen LogP contribution in [-0.2, 0) is 7.05 Å². The Bertz CT molecular complexity index is 730. The molecule has 2 N–H and O–H groups in total. The number of carbonyl (C=O) groups is 1. The molecule has 0 aliphatic heterocycles. The van der Waals surface area contributed by atoms with E-state index in [-0.39, 0.29) is 29.8 Å². The van der Waals surface area contributed by atoms with Crippen LogP contribution >= 0.6 is 11.8 Å². The van der Waals surface area contributed by atoms with Gasteiger partial charge in [-0.05, 0) is 24.5 Å². The molecule has 0 fully saturated rings. The molecule has 0 bridgehead atoms. The quantitative estimate of drug-likeness (QED) is 0.821. The third kappa shape index (κ3) is 3.48. The van der Waals surface area contributed by atoms with Gasteiger partial charge >= 0.3 is 0 Å². The van der Waals surface area contributed by atoms with Crippen molar-refractivity contribution in [1.82, 2.24) is 15.1 Å². The topological polar surface area (TPSA) is 84.2 Å². The number of nitrogens with zero attached hydrogens (tertiary/aromatic N) is 2. The highest BCUT2D eigenvalue weighted by molar-refractivity contribution is 7.98. The van der Waals surface area contributed by atoms with E-state index >= 15 is 0 Å². The van der Waals surface area contributed by atoms with E-state index in [2.05, 4.69) is 10.4 Å². The number of amides is 1. The van der Waals surface area contributed by atoms with Crippen molar-refractivity contribution in [3.8, 4) is 0 Å². The zero-order valence-electron chi connectivity index (χ0n) is 12.6. The van der Waals surface area contributed by atoms with Crippen LogP contribution < -0.4 is 10.9 Å². The van der Waals surface area contributed by atoms with Gasteiger partial charge in [-0.2, -0.15) is 16.9 Å². The smallest absolute Gasteiger partial charge is 0.274 e. The first-order valence-corrected chi connectivity index (χ1v) is 8.34. The van der Waals surface area contributed by atoms with Crippen LogP contribution in [0.25, 0.3) is 10.8 Å². The Morgan fingerprint density at radius 1 is 1.41 bits per heavy atom. The summed E-state index contributed by atoms with van der Waals surface area (Å²) in [5.41, 5.74) is -0.0476. The van der Waals surface area contributed by atoms with Crippen LogP contribution in [0.1, 0.15) is 16.9 Å². The van der Waals surface area contributed by atoms with Crippen LogP contribution in [0, 0.1) is 0 Å². The molecule has 1 aromatic heterocycles. The first-order valence-electron chi connectivity index (χ1n) is 6.95. The number of rotatable bonds is 6. The first kappa shape index (κ1) is 16.5. The highest BCUT2D eigenvalue weighted by Gasteiger charge is 2.18. The molecule has 22 heavy (non-hydrogen) atoms. The molecule has 0 aliphatic carbocycles. The first-order chi connectivity index (χ1) is 10.6. The molecule has 1 heterocycles. The molecule has 1 amide bonds. The maximum atomic E-state index is 12.4. The van der Waals surface area contributed by atoms with Gasteiger partial charge in [-0.3, -0.25) is 9.59 Å². The predicted octanol–water partition coefficient (Wildman–Crippen LogP) is 0.777. The number of aliphatic hydroxyl groups is 1. The highest BCUT2D eigenvalue weighted by atomic mass is 32.2. The van der Waals surface area contributed by atoms with Gasteiger partial charge in [0.25, 0.3) is 11.5 Å². The molecule has 1 unspecified atom stereocenters. The summed E-state index contributed by atoms with van der Waals surface area (Å²) in [7, 11) is 1.52. The zero-order valence-corrected chi connectivity index (χ0v) is 13.4. The Balaban J connectivity index is 2.36. The zero-order chi connectivity index (χ0) is 16.1. The van der Waals surface area contributed by atoms with Crippen molar-refractivity contribution in [1.29, 1.82) is 0 Å². The number of hydrogen-bond donors (Lipinski definition) is 2. The SMILES string of the molecule is CSCCC(CO)NC(=O)c1nn(C)c(=O)c2ccccc12. The van der Waals surface area contributed by atoms with E-state index < -0.39 is 0 Å². The molecule has 0 spiro atoms. The Labute approximate surface area is 132 Å². The summed E-state index contributed by atoms with van der Waals surface area (Å²) in [5, 5.41) is 17.2. The summed E-state index contributed by atoms with van der Waals surface area (Å²) >= 11 is 1.65. The normalized spacial score (nSPS) is 12.3. The number of aromatic nitrogens is 2. The van der Waals surface area contributed by atoms with Gasteiger partial charge in [-0.25, -0.2) is 4.68 Å². The number of hydrogen-bond acceptors (Lipinski definition) is 5. The lowest BCUT2D eigenvalue weighted by atomic mass is 10.1. The van der Waals surface area contributed by atoms with E-state index in [0.29, 0.717) is 17.2 Å². The Morgan fingerprint density at radius 2 is 2.09 bits per heavy atom. The fourth-order valence-corrected chi connectivity index (χ4v) is 2.71. The third-order valence-corrected chi connectivity index (χ3v) is 4.04. The minimum atomic E-state index is -0.382. The van der Waals surface area contributed by atoms with Gasteiger partial charge in [0, 0.05) is 12.4 Å². The molecule has 118 valence electrons. The maximum Gasteiger partial charge on any atom is 0.274 e. The molecular formula is C15H19N3O3S. The Kier molecular flexibility index (Phi) is 5.57. The molecular weight excluding hydrogens is 302 g/mol. The van der Waals surface area contributed by atoms with Crippen LogP contribution in [-0.4, -0.2) is 45.5 Å². The maximum absolute atomic E-state index is 12.4. The van der Waals surface area contributed by atoms with Crippen LogP contribution in [0.5, 0.6) is 0 Å². The highest BCUT2D eigenvalue weighted by Crippen LogP contribution is 2.13. The number of aliphatic hydroxyl groups excluding tert-OH is 1. The Hall–Kier alpha value is -1.86. The fraction of sp³-hybridized carbons (Fsp3) is 0.400. The van der Waals surface area contributed by atoms with E-state index in [0.717, 1.165) is 10.4 Å². The van der Waals surface area contributed by atoms with E-state index in [9.17, 15) is 14.7 Å². The van der Waals surface area contributed by atoms with Crippen molar-refractivity contribution in [2.45, 2.75) is 12.5 Å². The van der Waals surface area contributed by atoms with Crippen molar-refractivity contribution in [3.63, 3.8) is 0 Å². The summed E-state index contributed by atoms with van der Waals surface area (Å²) in [6.45, 7) is -0.129. The minimum Gasteiger partial charge on any atom is -0.394 e. The van der Waals surface area contributed by atoms with Crippen molar-refractivity contribution in [2.75, 3.05) is 18.6 Å². The lowest BCUT2D eigenvalue weighted by Gasteiger charge is -2.16. The Morgan fingerprint density at radius 3 is 2.73 bits per heavy atom. The number of aryl methyl sites for hydroxylation is 1. The van der Waals surface area contributed by atoms with Crippen molar-refractivity contribution in [3.05, 3.63) is 40.3 Å². The molecule has 7 heteroatoms. The standard InChI is InChI=1S/C15H19N3O3S/c1-18-15(21)12-6-4-3-5-11(12)13(17-18)14(20)16-10(9-19)7-8-22-2/h3-6,10,19H,7-9H2,1-2H3,(H,16,20). The van der Waals surface area contributed by atoms with Gasteiger partial charge in [0.1, 0.15) is 0 Å². The van der Waals surface area contributed by atoms with Gasteiger partial charge in [0.15, 0.2) is 5.69 Å². The van der Waals surface area contributed by atoms with Crippen molar-refractivity contribution >= 4 is 28.4 Å². The summed E-state index contributed by atoms with van der Waals surface area (Å²) in [5.74, 6) is 0.458. The number of carbonyl (C=O) groups excluding carboxylic acids is 1. The fourth-order valence-electron chi connectivity index (χ4n) is 2.19. The summed E-state index contributed by atoms with van der Waals surface area (Å²) in [6.07, 6.45) is 2.64. The van der Waals surface area contributed by atoms with E-state index in [4.69, 9.17) is 0 Å². The van der Waals surface area contributed by atoms with E-state index in [1.54, 1.807) is 36.0 Å². The average molecular weight is 321 g/mol. The molecule has 2 rings (SSSR count). The summed E-state index contributed by atoms with van der Waals surface area (Å²) in [6, 6.07) is 6.57. The molecule has 0 radical (unpaired) electrons. The van der Waals surface area contributed by atoms with Gasteiger partial charge in [-0.15, -0.1) is 0 Å². The molecule has 6 nitrogen and oxygen atoms in total. The molecule has 1 aromatic carbocycles. The van der Waals surface area contributed by atoms with E-state index in [1.807, 2.05) is 6.26 Å². The van der Waals surface area contributed by atoms with Crippen LogP contribution in [0.3, 0.4) is 0 Å². The minimum absolute atomic E-state index is 0.129. The average Bonchev–Trinajstić information content (AvgIpc) is 2.54. The second-order valence-corrected chi connectivity index (χ2v) is 5.94. The van der Waals surface area contributed by atoms with Crippen LogP contribution in [0.2, 0.25) is 0 Å². The summed E-state index contributed by atoms with van der Waals surface area (Å²) < 4.78 is 1.16. The lowest BCUT2D eigenvalue weighted by Crippen LogP contribution is -2.39. The second-order valence-electron chi connectivity index (χ2n) is 4.96. The molecule has 0 aliphatic rings. The predicted molar refractivity (Wildman–Crippen MR) is 88.3 cm³/mol. The molecule has 2 aromatic rings. The summed E-state index contributed by atoms with van der Waals surface area (Å²) in [4.78, 5) is 24.5. The number of nitrogens with one attached hydrogen (secondary N) is 1. The van der Waals surface area contributed by atoms with Crippen LogP contribution in [0.15, 0.2) is 29.1 Å². The van der Waals surface area contributed by atoms with Gasteiger partial charge in [0.2, 0.25) is 0 Å². The van der Waals surface area contributed by atoms with Gasteiger partial charge in [0.05, 0.1) is 18.0 Å². The molecule has 0 saturated heterocycles. The third-order valence-electron chi connectivity index (χ3n) is 3.40. The number of benzene rings is 1. The van der Waals surface area contributed by atoms with Crippen LogP contribution in [0.4, 0.5) is 0 Å². The van der Waals surface area contributed by atoms with Crippen molar-refractivity contribution < 1.29 is 9.90 Å². The second kappa shape index (κ2) is 7.42. The molecule has 0 saturated carbocycles.